The summed E-state index contributed by atoms with van der Waals surface area (Å²) in [5, 5.41) is 13.2. The molecule has 19 heavy (non-hydrogen) atoms. The molecule has 0 bridgehead atoms. The zero-order chi connectivity index (χ0) is 13.7. The lowest BCUT2D eigenvalue weighted by atomic mass is 10.1. The summed E-state index contributed by atoms with van der Waals surface area (Å²) in [5.41, 5.74) is 1.64. The van der Waals surface area contributed by atoms with Gasteiger partial charge in [0.2, 0.25) is 5.91 Å². The summed E-state index contributed by atoms with van der Waals surface area (Å²) in [5.74, 6) is 1.52. The summed E-state index contributed by atoms with van der Waals surface area (Å²) in [6.07, 6.45) is 3.38. The van der Waals surface area contributed by atoms with Crippen LogP contribution in [-0.4, -0.2) is 32.8 Å². The highest BCUT2D eigenvalue weighted by Gasteiger charge is 2.12. The number of H-pyrrole nitrogens is 1. The van der Waals surface area contributed by atoms with Gasteiger partial charge in [-0.25, -0.2) is 4.98 Å². The van der Waals surface area contributed by atoms with Crippen LogP contribution >= 0.6 is 0 Å². The van der Waals surface area contributed by atoms with E-state index in [-0.39, 0.29) is 5.91 Å². The summed E-state index contributed by atoms with van der Waals surface area (Å²) in [7, 11) is 0. The van der Waals surface area contributed by atoms with E-state index in [9.17, 15) is 4.79 Å². The van der Waals surface area contributed by atoms with Crippen LogP contribution in [-0.2, 0) is 17.6 Å². The minimum Gasteiger partial charge on any atom is -0.361 e. The second kappa shape index (κ2) is 6.12. The number of aromatic nitrogens is 4. The van der Waals surface area contributed by atoms with Gasteiger partial charge in [-0.1, -0.05) is 5.16 Å². The van der Waals surface area contributed by atoms with Gasteiger partial charge in [0.05, 0.1) is 12.1 Å². The van der Waals surface area contributed by atoms with Crippen LogP contribution in [0.25, 0.3) is 0 Å². The number of carbonyl (C=O) groups excluding carboxylic acids is 1. The number of carbonyl (C=O) groups is 1. The lowest BCUT2D eigenvalue weighted by Crippen LogP contribution is -2.26. The van der Waals surface area contributed by atoms with E-state index < -0.39 is 0 Å². The number of amides is 1. The second-order valence-corrected chi connectivity index (χ2v) is 4.37. The van der Waals surface area contributed by atoms with Gasteiger partial charge in [-0.05, 0) is 20.3 Å². The summed E-state index contributed by atoms with van der Waals surface area (Å²) < 4.78 is 5.02. The fourth-order valence-corrected chi connectivity index (χ4v) is 1.81. The Bertz CT molecular complexity index is 513. The number of hydrogen-bond donors (Lipinski definition) is 2. The predicted octanol–water partition coefficient (Wildman–Crippen LogP) is 0.701. The Morgan fingerprint density at radius 2 is 2.32 bits per heavy atom. The topological polar surface area (TPSA) is 96.7 Å². The maximum absolute atomic E-state index is 11.8. The molecule has 2 rings (SSSR count). The first-order chi connectivity index (χ1) is 9.16. The molecule has 0 spiro atoms. The standard InChI is InChI=1S/C12H17N5O2/c1-8-10(9(2)19-17-8)6-12(18)13-5-3-4-11-14-7-15-16-11/h7H,3-6H2,1-2H3,(H,13,18)(H,14,15,16). The van der Waals surface area contributed by atoms with Crippen LogP contribution < -0.4 is 5.32 Å². The fourth-order valence-electron chi connectivity index (χ4n) is 1.81. The summed E-state index contributed by atoms with van der Waals surface area (Å²) in [6.45, 7) is 4.26. The fraction of sp³-hybridized carbons (Fsp3) is 0.500. The van der Waals surface area contributed by atoms with E-state index in [2.05, 4.69) is 25.7 Å². The number of aromatic amines is 1. The quantitative estimate of drug-likeness (QED) is 0.748. The van der Waals surface area contributed by atoms with Gasteiger partial charge in [0.1, 0.15) is 17.9 Å². The van der Waals surface area contributed by atoms with Gasteiger partial charge in [-0.3, -0.25) is 9.89 Å². The second-order valence-electron chi connectivity index (χ2n) is 4.37. The molecule has 2 aromatic rings. The van der Waals surface area contributed by atoms with Crippen molar-refractivity contribution in [3.8, 4) is 0 Å². The van der Waals surface area contributed by atoms with E-state index in [0.29, 0.717) is 18.7 Å². The zero-order valence-electron chi connectivity index (χ0n) is 11.1. The van der Waals surface area contributed by atoms with Gasteiger partial charge >= 0.3 is 0 Å². The SMILES string of the molecule is Cc1noc(C)c1CC(=O)NCCCc1ncn[nH]1. The van der Waals surface area contributed by atoms with E-state index in [0.717, 1.165) is 29.9 Å². The van der Waals surface area contributed by atoms with Crippen molar-refractivity contribution >= 4 is 5.91 Å². The molecule has 0 saturated heterocycles. The first kappa shape index (κ1) is 13.3. The van der Waals surface area contributed by atoms with Gasteiger partial charge in [-0.15, -0.1) is 0 Å². The molecular weight excluding hydrogens is 246 g/mol. The van der Waals surface area contributed by atoms with Crippen molar-refractivity contribution < 1.29 is 9.32 Å². The largest absolute Gasteiger partial charge is 0.361 e. The Kier molecular flexibility index (Phi) is 4.27. The highest BCUT2D eigenvalue weighted by Crippen LogP contribution is 2.12. The lowest BCUT2D eigenvalue weighted by Gasteiger charge is -2.04. The predicted molar refractivity (Wildman–Crippen MR) is 67.4 cm³/mol. The van der Waals surface area contributed by atoms with E-state index in [4.69, 9.17) is 4.52 Å². The molecule has 2 aromatic heterocycles. The maximum atomic E-state index is 11.8. The Balaban J connectivity index is 1.70. The average Bonchev–Trinajstić information content (AvgIpc) is 3.00. The monoisotopic (exact) mass is 263 g/mol. The normalized spacial score (nSPS) is 10.6. The summed E-state index contributed by atoms with van der Waals surface area (Å²) >= 11 is 0. The van der Waals surface area contributed by atoms with E-state index >= 15 is 0 Å². The third-order valence-corrected chi connectivity index (χ3v) is 2.90. The van der Waals surface area contributed by atoms with Crippen molar-refractivity contribution in [2.24, 2.45) is 0 Å². The molecule has 0 saturated carbocycles. The van der Waals surface area contributed by atoms with Crippen LogP contribution in [0.5, 0.6) is 0 Å². The van der Waals surface area contributed by atoms with Crippen molar-refractivity contribution in [1.29, 1.82) is 0 Å². The van der Waals surface area contributed by atoms with Crippen LogP contribution in [0, 0.1) is 13.8 Å². The smallest absolute Gasteiger partial charge is 0.224 e. The number of hydrogen-bond acceptors (Lipinski definition) is 5. The van der Waals surface area contributed by atoms with Crippen LogP contribution in [0.15, 0.2) is 10.9 Å². The maximum Gasteiger partial charge on any atom is 0.224 e. The summed E-state index contributed by atoms with van der Waals surface area (Å²) in [4.78, 5) is 15.8. The Labute approximate surface area is 110 Å². The average molecular weight is 263 g/mol. The van der Waals surface area contributed by atoms with Crippen molar-refractivity contribution in [1.82, 2.24) is 25.7 Å². The Morgan fingerprint density at radius 1 is 1.47 bits per heavy atom. The highest BCUT2D eigenvalue weighted by atomic mass is 16.5. The van der Waals surface area contributed by atoms with Crippen molar-refractivity contribution in [2.75, 3.05) is 6.54 Å². The minimum absolute atomic E-state index is 0.0213. The van der Waals surface area contributed by atoms with Crippen molar-refractivity contribution in [2.45, 2.75) is 33.1 Å². The van der Waals surface area contributed by atoms with Gasteiger partial charge in [-0.2, -0.15) is 5.10 Å². The van der Waals surface area contributed by atoms with Crippen LogP contribution in [0.1, 0.15) is 29.3 Å². The number of rotatable bonds is 6. The molecule has 0 aliphatic carbocycles. The molecular formula is C12H17N5O2. The first-order valence-corrected chi connectivity index (χ1v) is 6.19. The van der Waals surface area contributed by atoms with Crippen LogP contribution in [0.2, 0.25) is 0 Å². The Morgan fingerprint density at radius 3 is 2.95 bits per heavy atom. The third-order valence-electron chi connectivity index (χ3n) is 2.90. The van der Waals surface area contributed by atoms with Crippen molar-refractivity contribution in [3.63, 3.8) is 0 Å². The van der Waals surface area contributed by atoms with Crippen LogP contribution in [0.3, 0.4) is 0 Å². The number of nitrogens with one attached hydrogen (secondary N) is 2. The lowest BCUT2D eigenvalue weighted by molar-refractivity contribution is -0.120. The molecule has 0 aliphatic rings. The van der Waals surface area contributed by atoms with Gasteiger partial charge < -0.3 is 9.84 Å². The van der Waals surface area contributed by atoms with E-state index in [1.165, 1.54) is 6.33 Å². The molecule has 1 amide bonds. The number of aryl methyl sites for hydroxylation is 3. The molecule has 7 nitrogen and oxygen atoms in total. The minimum atomic E-state index is -0.0213. The van der Waals surface area contributed by atoms with E-state index in [1.807, 2.05) is 13.8 Å². The molecule has 0 fully saturated rings. The molecule has 0 unspecified atom stereocenters. The summed E-state index contributed by atoms with van der Waals surface area (Å²) in [6, 6.07) is 0. The molecule has 2 N–H and O–H groups in total. The first-order valence-electron chi connectivity index (χ1n) is 6.19. The van der Waals surface area contributed by atoms with Gasteiger partial charge in [0.15, 0.2) is 0 Å². The van der Waals surface area contributed by atoms with Crippen LogP contribution in [0.4, 0.5) is 0 Å². The molecule has 0 aliphatic heterocycles. The Hall–Kier alpha value is -2.18. The van der Waals surface area contributed by atoms with Gasteiger partial charge in [0.25, 0.3) is 0 Å². The van der Waals surface area contributed by atoms with Gasteiger partial charge in [0, 0.05) is 18.5 Å². The number of nitrogens with zero attached hydrogens (tertiary/aromatic N) is 3. The molecule has 0 radical (unpaired) electrons. The molecule has 7 heteroatoms. The van der Waals surface area contributed by atoms with E-state index in [1.54, 1.807) is 0 Å². The molecule has 0 atom stereocenters. The third kappa shape index (κ3) is 3.64. The highest BCUT2D eigenvalue weighted by molar-refractivity contribution is 5.78. The molecule has 0 aromatic carbocycles. The molecule has 102 valence electrons. The zero-order valence-corrected chi connectivity index (χ0v) is 11.1. The molecule has 2 heterocycles. The van der Waals surface area contributed by atoms with Crippen molar-refractivity contribution in [3.05, 3.63) is 29.2 Å².